The molecular formula is C10H14F2N2O2. The van der Waals surface area contributed by atoms with Gasteiger partial charge in [-0.3, -0.25) is 0 Å². The van der Waals surface area contributed by atoms with Crippen LogP contribution in [0.15, 0.2) is 18.2 Å². The number of hydrogen-bond donors (Lipinski definition) is 3. The van der Waals surface area contributed by atoms with E-state index in [2.05, 4.69) is 5.32 Å². The van der Waals surface area contributed by atoms with Gasteiger partial charge in [0.25, 0.3) is 5.92 Å². The third-order valence-corrected chi connectivity index (χ3v) is 2.03. The molecule has 0 fully saturated rings. The summed E-state index contributed by atoms with van der Waals surface area (Å²) in [5, 5.41) is 10.9. The van der Waals surface area contributed by atoms with Crippen molar-refractivity contribution in [3.8, 4) is 5.75 Å². The van der Waals surface area contributed by atoms with Crippen LogP contribution < -0.4 is 15.8 Å². The molecule has 0 unspecified atom stereocenters. The van der Waals surface area contributed by atoms with E-state index in [0.717, 1.165) is 0 Å². The molecule has 16 heavy (non-hydrogen) atoms. The van der Waals surface area contributed by atoms with Gasteiger partial charge in [-0.05, 0) is 12.1 Å². The van der Waals surface area contributed by atoms with Crippen molar-refractivity contribution >= 4 is 11.4 Å². The van der Waals surface area contributed by atoms with Gasteiger partial charge >= 0.3 is 0 Å². The summed E-state index contributed by atoms with van der Waals surface area (Å²) >= 11 is 0. The van der Waals surface area contributed by atoms with Gasteiger partial charge in [0.15, 0.2) is 0 Å². The molecule has 0 saturated carbocycles. The van der Waals surface area contributed by atoms with Crippen molar-refractivity contribution in [3.63, 3.8) is 0 Å². The lowest BCUT2D eigenvalue weighted by Gasteiger charge is -2.16. The number of aliphatic hydroxyl groups is 1. The summed E-state index contributed by atoms with van der Waals surface area (Å²) in [4.78, 5) is 0. The van der Waals surface area contributed by atoms with Gasteiger partial charge < -0.3 is 20.9 Å². The first-order chi connectivity index (χ1) is 7.48. The number of aliphatic hydroxyl groups excluding tert-OH is 1. The van der Waals surface area contributed by atoms with Gasteiger partial charge in [0.05, 0.1) is 25.0 Å². The molecule has 1 rings (SSSR count). The zero-order valence-corrected chi connectivity index (χ0v) is 8.84. The van der Waals surface area contributed by atoms with Crippen LogP contribution in [0.5, 0.6) is 5.75 Å². The molecule has 0 aliphatic rings. The number of nitrogens with one attached hydrogen (secondary N) is 1. The Morgan fingerprint density at radius 3 is 2.75 bits per heavy atom. The number of hydrogen-bond acceptors (Lipinski definition) is 4. The van der Waals surface area contributed by atoms with E-state index in [1.54, 1.807) is 12.1 Å². The number of ether oxygens (including phenoxy) is 1. The van der Waals surface area contributed by atoms with Gasteiger partial charge in [0.1, 0.15) is 12.4 Å². The van der Waals surface area contributed by atoms with E-state index in [0.29, 0.717) is 17.1 Å². The van der Waals surface area contributed by atoms with Gasteiger partial charge in [-0.25, -0.2) is 8.78 Å². The molecule has 0 aromatic heterocycles. The van der Waals surface area contributed by atoms with Crippen molar-refractivity contribution in [2.45, 2.75) is 5.92 Å². The highest BCUT2D eigenvalue weighted by atomic mass is 19.3. The average Bonchev–Trinajstić information content (AvgIpc) is 2.28. The number of benzene rings is 1. The highest BCUT2D eigenvalue weighted by Gasteiger charge is 2.27. The van der Waals surface area contributed by atoms with E-state index in [4.69, 9.17) is 15.6 Å². The molecule has 4 N–H and O–H groups in total. The highest BCUT2D eigenvalue weighted by Crippen LogP contribution is 2.25. The molecule has 90 valence electrons. The quantitative estimate of drug-likeness (QED) is 0.670. The molecule has 0 saturated heterocycles. The second-order valence-corrected chi connectivity index (χ2v) is 3.32. The molecule has 0 bridgehead atoms. The molecule has 0 amide bonds. The summed E-state index contributed by atoms with van der Waals surface area (Å²) in [5.74, 6) is -2.65. The monoisotopic (exact) mass is 232 g/mol. The van der Waals surface area contributed by atoms with Crippen LogP contribution in [0.1, 0.15) is 0 Å². The Morgan fingerprint density at radius 1 is 1.50 bits per heavy atom. The number of alkyl halides is 2. The van der Waals surface area contributed by atoms with Crippen LogP contribution in [-0.2, 0) is 0 Å². The van der Waals surface area contributed by atoms with Crippen molar-refractivity contribution < 1.29 is 18.6 Å². The molecular weight excluding hydrogens is 218 g/mol. The Kier molecular flexibility index (Phi) is 3.89. The number of anilines is 2. The van der Waals surface area contributed by atoms with Crippen molar-refractivity contribution in [2.24, 2.45) is 0 Å². The molecule has 0 spiro atoms. The predicted molar refractivity (Wildman–Crippen MR) is 57.9 cm³/mol. The van der Waals surface area contributed by atoms with Crippen LogP contribution >= 0.6 is 0 Å². The molecule has 6 heteroatoms. The molecule has 0 heterocycles. The number of methoxy groups -OCH3 is 1. The number of nitrogens with two attached hydrogens (primary N) is 1. The molecule has 0 radical (unpaired) electrons. The fraction of sp³-hybridized carbons (Fsp3) is 0.400. The van der Waals surface area contributed by atoms with Gasteiger partial charge in [-0.15, -0.1) is 0 Å². The lowest BCUT2D eigenvalue weighted by atomic mass is 10.2. The largest absolute Gasteiger partial charge is 0.497 e. The zero-order valence-electron chi connectivity index (χ0n) is 8.84. The lowest BCUT2D eigenvalue weighted by Crippen LogP contribution is -2.31. The fourth-order valence-electron chi connectivity index (χ4n) is 1.10. The average molecular weight is 232 g/mol. The van der Waals surface area contributed by atoms with Crippen LogP contribution in [0.25, 0.3) is 0 Å². The van der Waals surface area contributed by atoms with E-state index in [-0.39, 0.29) is 0 Å². The summed E-state index contributed by atoms with van der Waals surface area (Å²) in [6, 6.07) is 4.70. The SMILES string of the molecule is COc1ccc(N)c(NCC(F)(F)CO)c1. The topological polar surface area (TPSA) is 67.5 Å². The third-order valence-electron chi connectivity index (χ3n) is 2.03. The maximum atomic E-state index is 12.8. The summed E-state index contributed by atoms with van der Waals surface area (Å²) < 4.78 is 30.5. The minimum atomic E-state index is -3.17. The maximum absolute atomic E-state index is 12.8. The summed E-state index contributed by atoms with van der Waals surface area (Å²) in [6.07, 6.45) is 0. The van der Waals surface area contributed by atoms with Crippen LogP contribution in [0.4, 0.5) is 20.2 Å². The maximum Gasteiger partial charge on any atom is 0.287 e. The van der Waals surface area contributed by atoms with Crippen LogP contribution in [0.3, 0.4) is 0 Å². The van der Waals surface area contributed by atoms with Crippen LogP contribution in [0, 0.1) is 0 Å². The van der Waals surface area contributed by atoms with Crippen molar-refractivity contribution in [1.29, 1.82) is 0 Å². The Bertz CT molecular complexity index is 359. The fourth-order valence-corrected chi connectivity index (χ4v) is 1.10. The molecule has 0 atom stereocenters. The molecule has 0 aliphatic heterocycles. The van der Waals surface area contributed by atoms with E-state index in [1.165, 1.54) is 13.2 Å². The number of halogens is 2. The van der Waals surface area contributed by atoms with E-state index < -0.39 is 19.1 Å². The van der Waals surface area contributed by atoms with Crippen molar-refractivity contribution in [1.82, 2.24) is 0 Å². The van der Waals surface area contributed by atoms with E-state index in [9.17, 15) is 8.78 Å². The van der Waals surface area contributed by atoms with Gasteiger partial charge in [-0.2, -0.15) is 0 Å². The number of nitrogen functional groups attached to an aromatic ring is 1. The lowest BCUT2D eigenvalue weighted by molar-refractivity contribution is -0.0372. The molecule has 0 aliphatic carbocycles. The third kappa shape index (κ3) is 3.23. The van der Waals surface area contributed by atoms with Gasteiger partial charge in [0, 0.05) is 6.07 Å². The Hall–Kier alpha value is -1.56. The van der Waals surface area contributed by atoms with Gasteiger partial charge in [-0.1, -0.05) is 0 Å². The summed E-state index contributed by atoms with van der Waals surface area (Å²) in [6.45, 7) is -1.88. The Balaban J connectivity index is 2.73. The molecule has 1 aromatic carbocycles. The second-order valence-electron chi connectivity index (χ2n) is 3.32. The first-order valence-electron chi connectivity index (χ1n) is 4.64. The zero-order chi connectivity index (χ0) is 12.2. The minimum Gasteiger partial charge on any atom is -0.497 e. The molecule has 4 nitrogen and oxygen atoms in total. The van der Waals surface area contributed by atoms with Crippen molar-refractivity contribution in [3.05, 3.63) is 18.2 Å². The second kappa shape index (κ2) is 4.98. The minimum absolute atomic E-state index is 0.342. The number of rotatable bonds is 5. The molecule has 1 aromatic rings. The Labute approximate surface area is 92.0 Å². The predicted octanol–water partition coefficient (Wildman–Crippen LogP) is 1.32. The van der Waals surface area contributed by atoms with Crippen LogP contribution in [0.2, 0.25) is 0 Å². The Morgan fingerprint density at radius 2 is 2.19 bits per heavy atom. The van der Waals surface area contributed by atoms with E-state index in [1.807, 2.05) is 0 Å². The standard InChI is InChI=1S/C10H14F2N2O2/c1-16-7-2-3-8(13)9(4-7)14-5-10(11,12)6-15/h2-4,14-15H,5-6,13H2,1H3. The summed E-state index contributed by atoms with van der Waals surface area (Å²) in [5.41, 5.74) is 6.29. The first-order valence-corrected chi connectivity index (χ1v) is 4.64. The van der Waals surface area contributed by atoms with E-state index >= 15 is 0 Å². The van der Waals surface area contributed by atoms with Crippen molar-refractivity contribution in [2.75, 3.05) is 31.3 Å². The highest BCUT2D eigenvalue weighted by molar-refractivity contribution is 5.68. The van der Waals surface area contributed by atoms with Crippen LogP contribution in [-0.4, -0.2) is 31.3 Å². The first kappa shape index (κ1) is 12.5. The summed E-state index contributed by atoms with van der Waals surface area (Å²) in [7, 11) is 1.47. The normalized spacial score (nSPS) is 11.2. The van der Waals surface area contributed by atoms with Gasteiger partial charge in [0.2, 0.25) is 0 Å². The smallest absolute Gasteiger partial charge is 0.287 e.